The molecule has 2 aromatic rings. The van der Waals surface area contributed by atoms with E-state index in [1.54, 1.807) is 25.4 Å². The molecule has 0 bridgehead atoms. The van der Waals surface area contributed by atoms with Gasteiger partial charge in [0.05, 0.1) is 5.69 Å². The fourth-order valence-electron chi connectivity index (χ4n) is 1.53. The van der Waals surface area contributed by atoms with Gasteiger partial charge in [0.2, 0.25) is 0 Å². The minimum atomic E-state index is -0.636. The molecular weight excluding hydrogens is 204 g/mol. The Balaban J connectivity index is 2.14. The van der Waals surface area contributed by atoms with Crippen LogP contribution in [0.1, 0.15) is 23.4 Å². The van der Waals surface area contributed by atoms with Crippen molar-refractivity contribution >= 4 is 0 Å². The Morgan fingerprint density at radius 3 is 2.81 bits per heavy atom. The Morgan fingerprint density at radius 1 is 1.38 bits per heavy atom. The van der Waals surface area contributed by atoms with Gasteiger partial charge in [0.15, 0.2) is 0 Å². The highest BCUT2D eigenvalue weighted by Gasteiger charge is 2.12. The molecule has 1 atom stereocenters. The van der Waals surface area contributed by atoms with Gasteiger partial charge >= 0.3 is 0 Å². The first-order chi connectivity index (χ1) is 7.66. The van der Waals surface area contributed by atoms with Gasteiger partial charge in [-0.3, -0.25) is 0 Å². The van der Waals surface area contributed by atoms with Crippen LogP contribution in [0.5, 0.6) is 0 Å². The number of imidazole rings is 1. The Hall–Kier alpha value is -1.75. The molecule has 2 rings (SSSR count). The third-order valence-electron chi connectivity index (χ3n) is 2.44. The van der Waals surface area contributed by atoms with Crippen LogP contribution in [-0.4, -0.2) is 24.6 Å². The fraction of sp³-hybridized carbons (Fsp3) is 0.364. The normalized spacial score (nSPS) is 12.7. The van der Waals surface area contributed by atoms with Crippen LogP contribution in [-0.2, 0) is 13.5 Å². The second kappa shape index (κ2) is 4.40. The van der Waals surface area contributed by atoms with E-state index in [-0.39, 0.29) is 0 Å². The number of hydrogen-bond donors (Lipinski definition) is 1. The number of aryl methyl sites for hydroxylation is 2. The van der Waals surface area contributed by atoms with E-state index in [0.29, 0.717) is 17.9 Å². The van der Waals surface area contributed by atoms with Crippen molar-refractivity contribution in [3.8, 4) is 0 Å². The zero-order valence-corrected chi connectivity index (χ0v) is 9.33. The predicted octanol–water partition coefficient (Wildman–Crippen LogP) is 0.795. The highest BCUT2D eigenvalue weighted by molar-refractivity contribution is 5.07. The average molecular weight is 218 g/mol. The van der Waals surface area contributed by atoms with Crippen molar-refractivity contribution in [2.45, 2.75) is 19.4 Å². The quantitative estimate of drug-likeness (QED) is 0.827. The van der Waals surface area contributed by atoms with Crippen LogP contribution < -0.4 is 0 Å². The van der Waals surface area contributed by atoms with Crippen molar-refractivity contribution in [1.29, 1.82) is 0 Å². The summed E-state index contributed by atoms with van der Waals surface area (Å²) in [7, 11) is 1.90. The summed E-state index contributed by atoms with van der Waals surface area (Å²) < 4.78 is 1.89. The summed E-state index contributed by atoms with van der Waals surface area (Å²) in [6.45, 7) is 1.80. The predicted molar refractivity (Wildman–Crippen MR) is 58.6 cm³/mol. The van der Waals surface area contributed by atoms with Crippen molar-refractivity contribution in [2.24, 2.45) is 7.05 Å². The number of rotatable bonds is 3. The molecule has 0 fully saturated rings. The number of aromatic nitrogens is 4. The first kappa shape index (κ1) is 10.8. The lowest BCUT2D eigenvalue weighted by Gasteiger charge is -2.09. The molecule has 0 saturated heterocycles. The molecule has 0 aromatic carbocycles. The second-order valence-corrected chi connectivity index (χ2v) is 3.70. The zero-order valence-electron chi connectivity index (χ0n) is 9.33. The highest BCUT2D eigenvalue weighted by Crippen LogP contribution is 2.14. The van der Waals surface area contributed by atoms with Gasteiger partial charge in [-0.15, -0.1) is 0 Å². The maximum atomic E-state index is 10.00. The molecule has 0 saturated carbocycles. The van der Waals surface area contributed by atoms with Crippen LogP contribution in [0.4, 0.5) is 0 Å². The van der Waals surface area contributed by atoms with Crippen LogP contribution in [0.3, 0.4) is 0 Å². The number of aliphatic hydroxyl groups is 1. The number of hydrogen-bond acceptors (Lipinski definition) is 4. The Bertz CT molecular complexity index is 480. The monoisotopic (exact) mass is 218 g/mol. The van der Waals surface area contributed by atoms with Crippen molar-refractivity contribution in [1.82, 2.24) is 19.5 Å². The summed E-state index contributed by atoms with van der Waals surface area (Å²) >= 11 is 0. The van der Waals surface area contributed by atoms with Gasteiger partial charge in [-0.25, -0.2) is 15.0 Å². The van der Waals surface area contributed by atoms with E-state index in [9.17, 15) is 5.11 Å². The van der Waals surface area contributed by atoms with Gasteiger partial charge < -0.3 is 9.67 Å². The van der Waals surface area contributed by atoms with Crippen LogP contribution in [0, 0.1) is 6.92 Å². The van der Waals surface area contributed by atoms with Crippen molar-refractivity contribution in [3.63, 3.8) is 0 Å². The third-order valence-corrected chi connectivity index (χ3v) is 2.44. The van der Waals surface area contributed by atoms with Crippen molar-refractivity contribution < 1.29 is 5.11 Å². The molecule has 0 spiro atoms. The molecule has 0 radical (unpaired) electrons. The molecule has 84 valence electrons. The van der Waals surface area contributed by atoms with Crippen LogP contribution in [0.2, 0.25) is 0 Å². The Kier molecular flexibility index (Phi) is 2.96. The van der Waals surface area contributed by atoms with E-state index in [0.717, 1.165) is 5.82 Å². The van der Waals surface area contributed by atoms with Crippen molar-refractivity contribution in [3.05, 3.63) is 42.0 Å². The van der Waals surface area contributed by atoms with Crippen LogP contribution in [0.25, 0.3) is 0 Å². The van der Waals surface area contributed by atoms with Crippen LogP contribution >= 0.6 is 0 Å². The number of nitrogens with zero attached hydrogens (tertiary/aromatic N) is 4. The van der Waals surface area contributed by atoms with Gasteiger partial charge in [-0.2, -0.15) is 0 Å². The molecule has 16 heavy (non-hydrogen) atoms. The molecule has 2 heterocycles. The minimum Gasteiger partial charge on any atom is -0.386 e. The van der Waals surface area contributed by atoms with Gasteiger partial charge in [-0.05, 0) is 13.0 Å². The number of aliphatic hydroxyl groups excluding tert-OH is 1. The molecular formula is C11H14N4O. The summed E-state index contributed by atoms with van der Waals surface area (Å²) in [5.41, 5.74) is 0.635. The summed E-state index contributed by atoms with van der Waals surface area (Å²) in [5.74, 6) is 1.50. The molecule has 0 aliphatic heterocycles. The largest absolute Gasteiger partial charge is 0.386 e. The lowest BCUT2D eigenvalue weighted by Crippen LogP contribution is -2.09. The zero-order chi connectivity index (χ0) is 11.5. The maximum absolute atomic E-state index is 10.00. The van der Waals surface area contributed by atoms with Gasteiger partial charge in [-0.1, -0.05) is 0 Å². The smallest absolute Gasteiger partial charge is 0.125 e. The van der Waals surface area contributed by atoms with Gasteiger partial charge in [0, 0.05) is 32.1 Å². The van der Waals surface area contributed by atoms with E-state index >= 15 is 0 Å². The van der Waals surface area contributed by atoms with Crippen molar-refractivity contribution in [2.75, 3.05) is 0 Å². The third kappa shape index (κ3) is 2.25. The Labute approximate surface area is 93.8 Å². The topological polar surface area (TPSA) is 63.8 Å². The van der Waals surface area contributed by atoms with E-state index < -0.39 is 6.10 Å². The summed E-state index contributed by atoms with van der Waals surface area (Å²) in [6.07, 6.45) is 5.04. The maximum Gasteiger partial charge on any atom is 0.125 e. The lowest BCUT2D eigenvalue weighted by molar-refractivity contribution is 0.169. The van der Waals surface area contributed by atoms with Crippen LogP contribution in [0.15, 0.2) is 24.7 Å². The molecule has 1 unspecified atom stereocenters. The lowest BCUT2D eigenvalue weighted by atomic mass is 10.1. The van der Waals surface area contributed by atoms with Gasteiger partial charge in [0.1, 0.15) is 17.8 Å². The summed E-state index contributed by atoms with van der Waals surface area (Å²) in [6, 6.07) is 1.72. The first-order valence-electron chi connectivity index (χ1n) is 5.10. The average Bonchev–Trinajstić information content (AvgIpc) is 2.64. The fourth-order valence-corrected chi connectivity index (χ4v) is 1.53. The van der Waals surface area contributed by atoms with E-state index in [1.165, 1.54) is 0 Å². The van der Waals surface area contributed by atoms with E-state index in [2.05, 4.69) is 15.0 Å². The molecule has 0 amide bonds. The molecule has 1 N–H and O–H groups in total. The summed E-state index contributed by atoms with van der Waals surface area (Å²) in [5, 5.41) is 10.00. The summed E-state index contributed by atoms with van der Waals surface area (Å²) in [4.78, 5) is 12.3. The Morgan fingerprint density at radius 2 is 2.19 bits per heavy atom. The minimum absolute atomic E-state index is 0.458. The molecule has 5 heteroatoms. The molecule has 2 aromatic heterocycles. The van der Waals surface area contributed by atoms with Gasteiger partial charge in [0.25, 0.3) is 0 Å². The first-order valence-corrected chi connectivity index (χ1v) is 5.10. The van der Waals surface area contributed by atoms with E-state index in [1.807, 2.05) is 17.8 Å². The second-order valence-electron chi connectivity index (χ2n) is 3.70. The highest BCUT2D eigenvalue weighted by atomic mass is 16.3. The molecule has 0 aliphatic rings. The molecule has 0 aliphatic carbocycles. The standard InChI is InChI=1S/C11H14N4O/c1-8-12-4-3-9(14-8)10(16)7-11-13-5-6-15(11)2/h3-6,10,16H,7H2,1-2H3. The van der Waals surface area contributed by atoms with E-state index in [4.69, 9.17) is 0 Å². The SMILES string of the molecule is Cc1nccc(C(O)Cc2nccn2C)n1. The molecule has 5 nitrogen and oxygen atoms in total.